The van der Waals surface area contributed by atoms with Gasteiger partial charge in [0.25, 0.3) is 0 Å². The zero-order chi connectivity index (χ0) is 38.0. The Morgan fingerprint density at radius 1 is 0.820 bits per heavy atom. The number of hydrogen-bond acceptors (Lipinski definition) is 11. The summed E-state index contributed by atoms with van der Waals surface area (Å²) < 4.78 is 47.7. The number of aliphatic hydroxyl groups excluding tert-OH is 1. The highest BCUT2D eigenvalue weighted by atomic mass is 32.3. The quantitative estimate of drug-likeness (QED) is 0.0778. The van der Waals surface area contributed by atoms with Crippen molar-refractivity contribution in [1.82, 2.24) is 16.0 Å². The van der Waals surface area contributed by atoms with Crippen LogP contribution in [-0.4, -0.2) is 90.8 Å². The minimum Gasteiger partial charge on any atom is -0.463 e. The lowest BCUT2D eigenvalue weighted by Crippen LogP contribution is -2.61. The number of ether oxygens (including phenoxy) is 2. The van der Waals surface area contributed by atoms with Crippen LogP contribution in [0, 0.1) is 17.8 Å². The maximum atomic E-state index is 13.6. The van der Waals surface area contributed by atoms with E-state index in [0.717, 1.165) is 39.5 Å². The molecule has 1 heterocycles. The zero-order valence-corrected chi connectivity index (χ0v) is 31.6. The fraction of sp³-hybridized carbons (Fsp3) is 0.853. The van der Waals surface area contributed by atoms with Crippen LogP contribution < -0.4 is 16.0 Å². The average Bonchev–Trinajstić information content (AvgIpc) is 3.03. The summed E-state index contributed by atoms with van der Waals surface area (Å²) in [6.07, 6.45) is 8.47. The maximum absolute atomic E-state index is 13.6. The third-order valence-corrected chi connectivity index (χ3v) is 9.58. The molecule has 1 saturated heterocycles. The number of cyclic esters (lactones) is 1. The lowest BCUT2D eigenvalue weighted by molar-refractivity contribution is -0.162. The standard InChI is InChI=1S/C34H61N3O12S/c1-8-9-10-11-12-13-14-15-16-17-18-19-27-22(4)30(39)23(5)31(40)36-28(21(2)3)32(41)37-29(24(6)49-50(44,45)46)33(42)35-26(34(43)48-27)20-47-25(7)38/h21-24,26-30,39H,8-20H2,1-7H3,(H,35,42)(H,36,40)(H,37,41)(H,44,45,46)/t22-,23+,24+,26?,27?,28?,29-,30+/m0/s1. The van der Waals surface area contributed by atoms with Crippen LogP contribution in [0.2, 0.25) is 0 Å². The van der Waals surface area contributed by atoms with E-state index >= 15 is 0 Å². The Bertz CT molecular complexity index is 1200. The summed E-state index contributed by atoms with van der Waals surface area (Å²) in [6, 6.07) is -4.68. The highest BCUT2D eigenvalue weighted by Crippen LogP contribution is 2.25. The van der Waals surface area contributed by atoms with Crippen LogP contribution in [-0.2, 0) is 48.0 Å². The molecule has 5 N–H and O–H groups in total. The molecule has 3 amide bonds. The molecular formula is C34H61N3O12S. The lowest BCUT2D eigenvalue weighted by Gasteiger charge is -2.32. The molecule has 3 unspecified atom stereocenters. The SMILES string of the molecule is CCCCCCCCCCCCCC1OC(=O)C(COC(C)=O)NC(=O)[C@H]([C@@H](C)OS(=O)(=O)O)NC(=O)C(C(C)C)NC(=O)[C@H](C)[C@H](O)[C@H]1C. The molecule has 0 aromatic carbocycles. The van der Waals surface area contributed by atoms with Gasteiger partial charge in [0.05, 0.1) is 12.0 Å². The summed E-state index contributed by atoms with van der Waals surface area (Å²) in [4.78, 5) is 65.6. The number of amides is 3. The third-order valence-electron chi connectivity index (χ3n) is 9.03. The van der Waals surface area contributed by atoms with Crippen LogP contribution in [0.25, 0.3) is 0 Å². The average molecular weight is 736 g/mol. The van der Waals surface area contributed by atoms with Gasteiger partial charge >= 0.3 is 22.3 Å². The van der Waals surface area contributed by atoms with Crippen LogP contribution in [0.4, 0.5) is 0 Å². The monoisotopic (exact) mass is 735 g/mol. The molecule has 0 radical (unpaired) electrons. The van der Waals surface area contributed by atoms with Gasteiger partial charge in [0.1, 0.15) is 30.9 Å². The van der Waals surface area contributed by atoms with Crippen molar-refractivity contribution < 1.29 is 55.7 Å². The highest BCUT2D eigenvalue weighted by molar-refractivity contribution is 7.80. The number of rotatable bonds is 18. The zero-order valence-electron chi connectivity index (χ0n) is 30.8. The van der Waals surface area contributed by atoms with Gasteiger partial charge in [-0.3, -0.25) is 23.7 Å². The number of unbranched alkanes of at least 4 members (excludes halogenated alkanes) is 10. The summed E-state index contributed by atoms with van der Waals surface area (Å²) in [5, 5.41) is 18.6. The van der Waals surface area contributed by atoms with Crippen molar-refractivity contribution in [3.05, 3.63) is 0 Å². The van der Waals surface area contributed by atoms with Gasteiger partial charge in [-0.2, -0.15) is 8.42 Å². The topological polar surface area (TPSA) is 224 Å². The predicted molar refractivity (Wildman–Crippen MR) is 185 cm³/mol. The summed E-state index contributed by atoms with van der Waals surface area (Å²) in [5.74, 6) is -6.86. The van der Waals surface area contributed by atoms with Gasteiger partial charge in [0.15, 0.2) is 6.04 Å². The highest BCUT2D eigenvalue weighted by Gasteiger charge is 2.40. The van der Waals surface area contributed by atoms with Gasteiger partial charge in [-0.1, -0.05) is 98.8 Å². The number of hydrogen-bond donors (Lipinski definition) is 5. The first-order chi connectivity index (χ1) is 23.4. The maximum Gasteiger partial charge on any atom is 0.397 e. The van der Waals surface area contributed by atoms with E-state index in [9.17, 15) is 42.0 Å². The number of carbonyl (C=O) groups excluding carboxylic acids is 5. The van der Waals surface area contributed by atoms with E-state index in [1.807, 2.05) is 0 Å². The van der Waals surface area contributed by atoms with E-state index < -0.39 is 101 Å². The van der Waals surface area contributed by atoms with Gasteiger partial charge in [-0.05, 0) is 25.7 Å². The number of aliphatic hydroxyl groups is 1. The fourth-order valence-corrected chi connectivity index (χ4v) is 6.33. The molecule has 1 fully saturated rings. The first-order valence-corrected chi connectivity index (χ1v) is 19.3. The minimum absolute atomic E-state index is 0.333. The normalized spacial score (nSPS) is 26.6. The molecule has 0 aromatic rings. The van der Waals surface area contributed by atoms with E-state index in [0.29, 0.717) is 12.8 Å². The second kappa shape index (κ2) is 22.9. The van der Waals surface area contributed by atoms with Gasteiger partial charge in [-0.15, -0.1) is 0 Å². The van der Waals surface area contributed by atoms with Crippen LogP contribution in [0.3, 0.4) is 0 Å². The molecule has 50 heavy (non-hydrogen) atoms. The Hall–Kier alpha value is -2.82. The van der Waals surface area contributed by atoms with Crippen molar-refractivity contribution in [3.63, 3.8) is 0 Å². The van der Waals surface area contributed by atoms with E-state index in [4.69, 9.17) is 9.47 Å². The molecule has 0 aromatic heterocycles. The first kappa shape index (κ1) is 45.2. The molecule has 0 saturated carbocycles. The molecular weight excluding hydrogens is 674 g/mol. The molecule has 8 atom stereocenters. The predicted octanol–water partition coefficient (Wildman–Crippen LogP) is 3.13. The minimum atomic E-state index is -5.10. The molecule has 1 rings (SSSR count). The lowest BCUT2D eigenvalue weighted by atomic mass is 9.86. The Morgan fingerprint density at radius 3 is 1.82 bits per heavy atom. The first-order valence-electron chi connectivity index (χ1n) is 18.0. The summed E-state index contributed by atoms with van der Waals surface area (Å²) >= 11 is 0. The van der Waals surface area contributed by atoms with Crippen molar-refractivity contribution in [3.8, 4) is 0 Å². The number of esters is 2. The van der Waals surface area contributed by atoms with E-state index in [2.05, 4.69) is 27.1 Å². The number of nitrogens with one attached hydrogen (secondary N) is 3. The van der Waals surface area contributed by atoms with Crippen LogP contribution in [0.5, 0.6) is 0 Å². The van der Waals surface area contributed by atoms with Crippen molar-refractivity contribution in [2.24, 2.45) is 17.8 Å². The Kier molecular flexibility index (Phi) is 20.7. The molecule has 15 nitrogen and oxygen atoms in total. The summed E-state index contributed by atoms with van der Waals surface area (Å²) in [6.45, 7) is 10.1. The Morgan fingerprint density at radius 2 is 1.32 bits per heavy atom. The van der Waals surface area contributed by atoms with Crippen LogP contribution in [0.15, 0.2) is 0 Å². The third kappa shape index (κ3) is 16.9. The Labute approximate surface area is 297 Å². The van der Waals surface area contributed by atoms with Gasteiger partial charge in [-0.25, -0.2) is 8.98 Å². The largest absolute Gasteiger partial charge is 0.463 e. The van der Waals surface area contributed by atoms with Crippen LogP contribution in [0.1, 0.15) is 126 Å². The molecule has 16 heteroatoms. The van der Waals surface area contributed by atoms with Crippen molar-refractivity contribution >= 4 is 40.1 Å². The van der Waals surface area contributed by atoms with E-state index in [-0.39, 0.29) is 0 Å². The molecule has 0 aliphatic carbocycles. The van der Waals surface area contributed by atoms with Crippen molar-refractivity contribution in [2.45, 2.75) is 162 Å². The smallest absolute Gasteiger partial charge is 0.397 e. The second-order valence-corrected chi connectivity index (χ2v) is 14.8. The summed E-state index contributed by atoms with van der Waals surface area (Å²) in [5.41, 5.74) is 0. The fourth-order valence-electron chi connectivity index (χ4n) is 5.84. The van der Waals surface area contributed by atoms with Gasteiger partial charge in [0.2, 0.25) is 17.7 Å². The van der Waals surface area contributed by atoms with Crippen molar-refractivity contribution in [2.75, 3.05) is 6.61 Å². The second-order valence-electron chi connectivity index (χ2n) is 13.7. The van der Waals surface area contributed by atoms with Gasteiger partial charge in [0, 0.05) is 12.8 Å². The molecule has 0 bridgehead atoms. The summed E-state index contributed by atoms with van der Waals surface area (Å²) in [7, 11) is -5.10. The van der Waals surface area contributed by atoms with E-state index in [1.165, 1.54) is 45.4 Å². The molecule has 1 aliphatic heterocycles. The molecule has 1 aliphatic rings. The Balaban J connectivity index is 3.35. The van der Waals surface area contributed by atoms with Crippen LogP contribution >= 0.6 is 0 Å². The van der Waals surface area contributed by atoms with Gasteiger partial charge < -0.3 is 30.5 Å². The van der Waals surface area contributed by atoms with E-state index in [1.54, 1.807) is 20.8 Å². The van der Waals surface area contributed by atoms with Crippen molar-refractivity contribution in [1.29, 1.82) is 0 Å². The molecule has 0 spiro atoms. The molecule has 290 valence electrons. The number of carbonyl (C=O) groups is 5.